The first-order valence-corrected chi connectivity index (χ1v) is 14.7. The molecule has 0 atom stereocenters. The second-order valence-corrected chi connectivity index (χ2v) is 12.2. The summed E-state index contributed by atoms with van der Waals surface area (Å²) < 4.78 is 21.9. The number of alkyl carbamates (subject to hydrolysis) is 1. The molecule has 1 aliphatic carbocycles. The number of hydrogen-bond donors (Lipinski definition) is 4. The molecule has 2 amide bonds. The van der Waals surface area contributed by atoms with E-state index in [0.717, 1.165) is 24.4 Å². The van der Waals surface area contributed by atoms with Crippen molar-refractivity contribution in [1.29, 1.82) is 0 Å². The van der Waals surface area contributed by atoms with E-state index in [4.69, 9.17) is 4.74 Å². The lowest BCUT2D eigenvalue weighted by atomic mass is 9.99. The van der Waals surface area contributed by atoms with Gasteiger partial charge in [0, 0.05) is 42.5 Å². The van der Waals surface area contributed by atoms with Gasteiger partial charge in [0.2, 0.25) is 0 Å². The third-order valence-electron chi connectivity index (χ3n) is 7.10. The number of benzene rings is 3. The number of ether oxygens (including phenoxy) is 1. The maximum Gasteiger partial charge on any atom is 0.407 e. The van der Waals surface area contributed by atoms with E-state index in [2.05, 4.69) is 21.0 Å². The van der Waals surface area contributed by atoms with Gasteiger partial charge in [0.1, 0.15) is 17.2 Å². The first-order valence-electron chi connectivity index (χ1n) is 14.7. The van der Waals surface area contributed by atoms with Gasteiger partial charge in [-0.1, -0.05) is 18.2 Å². The number of carbonyl (C=O) groups excluding carboxylic acids is 2. The molecule has 4 aromatic rings. The van der Waals surface area contributed by atoms with Crippen LogP contribution in [0.3, 0.4) is 0 Å². The number of aromatic nitrogens is 2. The summed E-state index contributed by atoms with van der Waals surface area (Å²) >= 11 is 0. The topological polar surface area (TPSA) is 135 Å². The van der Waals surface area contributed by atoms with Crippen LogP contribution in [0, 0.1) is 5.82 Å². The van der Waals surface area contributed by atoms with Crippen molar-refractivity contribution in [3.8, 4) is 11.1 Å². The van der Waals surface area contributed by atoms with Crippen LogP contribution in [-0.2, 0) is 29.5 Å². The van der Waals surface area contributed by atoms with Crippen LogP contribution in [0.15, 0.2) is 66.7 Å². The molecule has 234 valence electrons. The highest BCUT2D eigenvalue weighted by Crippen LogP contribution is 2.40. The molecule has 1 fully saturated rings. The minimum absolute atomic E-state index is 0.0320. The third-order valence-corrected chi connectivity index (χ3v) is 7.10. The number of anilines is 3. The quantitative estimate of drug-likeness (QED) is 0.155. The van der Waals surface area contributed by atoms with Crippen LogP contribution in [-0.4, -0.2) is 38.5 Å². The number of nitrogens with one attached hydrogen (secondary N) is 3. The Bertz CT molecular complexity index is 1760. The average Bonchev–Trinajstić information content (AvgIpc) is 3.74. The number of aryl methyl sites for hydroxylation is 1. The minimum atomic E-state index is -1.02. The Hall–Kier alpha value is -5.19. The molecule has 0 unspecified atom stereocenters. The zero-order valence-corrected chi connectivity index (χ0v) is 25.6. The molecule has 3 aromatic carbocycles. The maximum absolute atomic E-state index is 14.9. The van der Waals surface area contributed by atoms with Gasteiger partial charge in [-0.2, -0.15) is 5.10 Å². The summed E-state index contributed by atoms with van der Waals surface area (Å²) in [6, 6.07) is 18.2. The first kappa shape index (κ1) is 31.2. The number of carboxylic acids is 1. The van der Waals surface area contributed by atoms with Gasteiger partial charge in [0.05, 0.1) is 12.1 Å². The van der Waals surface area contributed by atoms with Crippen molar-refractivity contribution < 1.29 is 28.6 Å². The summed E-state index contributed by atoms with van der Waals surface area (Å²) in [6.07, 6.45) is 1.33. The Labute approximate surface area is 260 Å². The normalized spacial score (nSPS) is 12.8. The fraction of sp³-hybridized carbons (Fsp3) is 0.294. The van der Waals surface area contributed by atoms with Crippen molar-refractivity contribution >= 4 is 35.2 Å². The van der Waals surface area contributed by atoms with Crippen LogP contribution in [0.2, 0.25) is 0 Å². The van der Waals surface area contributed by atoms with E-state index < -0.39 is 29.4 Å². The Kier molecular flexibility index (Phi) is 8.89. The number of aliphatic carboxylic acids is 1. The van der Waals surface area contributed by atoms with E-state index >= 15 is 0 Å². The number of rotatable bonds is 10. The molecule has 0 aliphatic heterocycles. The van der Waals surface area contributed by atoms with Gasteiger partial charge in [0.25, 0.3) is 5.91 Å². The molecule has 11 heteroatoms. The molecule has 1 aromatic heterocycles. The van der Waals surface area contributed by atoms with Gasteiger partial charge in [-0.05, 0) is 98.3 Å². The molecule has 0 radical (unpaired) electrons. The Morgan fingerprint density at radius 2 is 1.76 bits per heavy atom. The highest BCUT2D eigenvalue weighted by Gasteiger charge is 2.27. The summed E-state index contributed by atoms with van der Waals surface area (Å²) in [5.41, 5.74) is 3.54. The molecular weight excluding hydrogens is 577 g/mol. The summed E-state index contributed by atoms with van der Waals surface area (Å²) in [4.78, 5) is 37.2. The van der Waals surface area contributed by atoms with Gasteiger partial charge in [-0.15, -0.1) is 0 Å². The molecule has 1 saturated carbocycles. The van der Waals surface area contributed by atoms with E-state index in [1.165, 1.54) is 12.1 Å². The first-order chi connectivity index (χ1) is 21.3. The number of nitrogens with zero attached hydrogens (tertiary/aromatic N) is 2. The molecular formula is C34H36FN5O5. The van der Waals surface area contributed by atoms with Gasteiger partial charge in [0.15, 0.2) is 0 Å². The van der Waals surface area contributed by atoms with Crippen molar-refractivity contribution in [2.24, 2.45) is 7.05 Å². The highest BCUT2D eigenvalue weighted by molar-refractivity contribution is 6.06. The molecule has 0 saturated heterocycles. The summed E-state index contributed by atoms with van der Waals surface area (Å²) in [5, 5.41) is 22.8. The summed E-state index contributed by atoms with van der Waals surface area (Å²) in [5.74, 6) is -0.820. The highest BCUT2D eigenvalue weighted by atomic mass is 19.1. The third kappa shape index (κ3) is 8.47. The van der Waals surface area contributed by atoms with Crippen molar-refractivity contribution in [1.82, 2.24) is 15.1 Å². The lowest BCUT2D eigenvalue weighted by Crippen LogP contribution is -2.32. The van der Waals surface area contributed by atoms with Crippen LogP contribution in [0.5, 0.6) is 0 Å². The summed E-state index contributed by atoms with van der Waals surface area (Å²) in [6.45, 7) is 5.30. The molecule has 5 rings (SSSR count). The lowest BCUT2D eigenvalue weighted by Gasteiger charge is -2.19. The van der Waals surface area contributed by atoms with Crippen LogP contribution < -0.4 is 16.0 Å². The SMILES string of the molecule is Cn1nc(C2CC2)cc1Nc1cc(C(=O)Nc2ccccc2CC(=O)O)cc(-c2cc(F)cc(CNC(=O)OC(C)(C)C)c2)c1. The average molecular weight is 614 g/mol. The number of halogens is 1. The lowest BCUT2D eigenvalue weighted by molar-refractivity contribution is -0.136. The molecule has 10 nitrogen and oxygen atoms in total. The zero-order valence-electron chi connectivity index (χ0n) is 25.6. The van der Waals surface area contributed by atoms with Crippen molar-refractivity contribution in [2.45, 2.75) is 58.1 Å². The largest absolute Gasteiger partial charge is 0.481 e. The van der Waals surface area contributed by atoms with Crippen LogP contribution >= 0.6 is 0 Å². The molecule has 45 heavy (non-hydrogen) atoms. The number of carbonyl (C=O) groups is 3. The van der Waals surface area contributed by atoms with E-state index in [9.17, 15) is 23.9 Å². The Morgan fingerprint density at radius 3 is 2.47 bits per heavy atom. The van der Waals surface area contributed by atoms with E-state index in [1.54, 1.807) is 74.0 Å². The molecule has 1 heterocycles. The van der Waals surface area contributed by atoms with Crippen LogP contribution in [0.25, 0.3) is 11.1 Å². The van der Waals surface area contributed by atoms with Crippen LogP contribution in [0.1, 0.15) is 66.7 Å². The smallest absolute Gasteiger partial charge is 0.407 e. The zero-order chi connectivity index (χ0) is 32.3. The van der Waals surface area contributed by atoms with Gasteiger partial charge >= 0.3 is 12.1 Å². The minimum Gasteiger partial charge on any atom is -0.481 e. The molecule has 0 bridgehead atoms. The molecule has 1 aliphatic rings. The second kappa shape index (κ2) is 12.8. The fourth-order valence-corrected chi connectivity index (χ4v) is 4.89. The van der Waals surface area contributed by atoms with E-state index in [0.29, 0.717) is 39.5 Å². The number of amides is 2. The predicted octanol–water partition coefficient (Wildman–Crippen LogP) is 6.75. The number of para-hydroxylation sites is 1. The van der Waals surface area contributed by atoms with Gasteiger partial charge in [-0.25, -0.2) is 9.18 Å². The number of carboxylic acid groups (broad SMARTS) is 1. The molecule has 0 spiro atoms. The van der Waals surface area contributed by atoms with Gasteiger partial charge in [-0.3, -0.25) is 14.3 Å². The maximum atomic E-state index is 14.9. The van der Waals surface area contributed by atoms with Gasteiger partial charge < -0.3 is 25.8 Å². The number of hydrogen-bond acceptors (Lipinski definition) is 6. The Morgan fingerprint density at radius 1 is 1.02 bits per heavy atom. The van der Waals surface area contributed by atoms with Crippen molar-refractivity contribution in [3.05, 3.63) is 94.9 Å². The molecule has 4 N–H and O–H groups in total. The van der Waals surface area contributed by atoms with Crippen LogP contribution in [0.4, 0.5) is 26.4 Å². The Balaban J connectivity index is 1.48. The standard InChI is InChI=1S/C34H36FN5O5/c1-34(2,3)45-33(44)36-19-20-11-23(14-26(35)12-20)24-13-25(32(43)38-28-8-6-5-7-22(28)17-31(41)42)16-27(15-24)37-30-18-29(21-9-10-21)39-40(30)4/h5-8,11-16,18,21,37H,9-10,17,19H2,1-4H3,(H,36,44)(H,38,43)(H,41,42). The summed E-state index contributed by atoms with van der Waals surface area (Å²) in [7, 11) is 1.83. The second-order valence-electron chi connectivity index (χ2n) is 12.2. The predicted molar refractivity (Wildman–Crippen MR) is 169 cm³/mol. The fourth-order valence-electron chi connectivity index (χ4n) is 4.89. The van der Waals surface area contributed by atoms with E-state index in [1.807, 2.05) is 13.1 Å². The van der Waals surface area contributed by atoms with Crippen molar-refractivity contribution in [3.63, 3.8) is 0 Å². The monoisotopic (exact) mass is 613 g/mol. The van der Waals surface area contributed by atoms with E-state index in [-0.39, 0.29) is 18.5 Å². The van der Waals surface area contributed by atoms with Crippen molar-refractivity contribution in [2.75, 3.05) is 10.6 Å².